The van der Waals surface area contributed by atoms with E-state index in [2.05, 4.69) is 4.98 Å². The van der Waals surface area contributed by atoms with Crippen LogP contribution in [0.5, 0.6) is 0 Å². The highest BCUT2D eigenvalue weighted by molar-refractivity contribution is 7.12. The van der Waals surface area contributed by atoms with Crippen LogP contribution in [0.3, 0.4) is 0 Å². The van der Waals surface area contributed by atoms with Crippen molar-refractivity contribution in [1.29, 1.82) is 0 Å². The van der Waals surface area contributed by atoms with Crippen LogP contribution in [0.1, 0.15) is 54.6 Å². The van der Waals surface area contributed by atoms with Crippen LogP contribution in [-0.2, 0) is 5.60 Å². The summed E-state index contributed by atoms with van der Waals surface area (Å²) in [6.07, 6.45) is 3.89. The molecule has 0 amide bonds. The van der Waals surface area contributed by atoms with Crippen LogP contribution in [0.4, 0.5) is 0 Å². The molecule has 1 N–H and O–H groups in total. The van der Waals surface area contributed by atoms with Gasteiger partial charge in [-0.15, -0.1) is 11.3 Å². The summed E-state index contributed by atoms with van der Waals surface area (Å²) in [6.45, 7) is 5.65. The molecule has 1 aromatic heterocycles. The third kappa shape index (κ3) is 1.71. The molecule has 1 fully saturated rings. The van der Waals surface area contributed by atoms with E-state index in [1.165, 1.54) is 24.3 Å². The van der Waals surface area contributed by atoms with E-state index in [4.69, 9.17) is 0 Å². The van der Waals surface area contributed by atoms with Crippen molar-refractivity contribution in [2.45, 2.75) is 51.6 Å². The standard InChI is InChI=1S/C11H17NOS/c1-7-9(11(2,3)13)14-10(12-7)8-5-4-6-8/h8,13H,4-6H2,1-3H3. The van der Waals surface area contributed by atoms with Crippen molar-refractivity contribution in [3.63, 3.8) is 0 Å². The van der Waals surface area contributed by atoms with E-state index >= 15 is 0 Å². The maximum absolute atomic E-state index is 9.93. The van der Waals surface area contributed by atoms with Gasteiger partial charge in [0.1, 0.15) is 0 Å². The molecule has 0 aromatic carbocycles. The fourth-order valence-corrected chi connectivity index (χ4v) is 3.05. The zero-order chi connectivity index (χ0) is 10.3. The Hall–Kier alpha value is -0.410. The van der Waals surface area contributed by atoms with Gasteiger partial charge in [-0.2, -0.15) is 0 Å². The second-order valence-electron chi connectivity index (χ2n) is 4.65. The van der Waals surface area contributed by atoms with Crippen molar-refractivity contribution >= 4 is 11.3 Å². The average molecular weight is 211 g/mol. The van der Waals surface area contributed by atoms with E-state index in [0.29, 0.717) is 5.92 Å². The molecule has 1 heterocycles. The second-order valence-corrected chi connectivity index (χ2v) is 5.68. The molecule has 1 aromatic rings. The van der Waals surface area contributed by atoms with Gasteiger partial charge in [0.2, 0.25) is 0 Å². The number of aryl methyl sites for hydroxylation is 1. The van der Waals surface area contributed by atoms with E-state index in [1.807, 2.05) is 20.8 Å². The fourth-order valence-electron chi connectivity index (χ4n) is 1.81. The lowest BCUT2D eigenvalue weighted by Crippen LogP contribution is -2.14. The van der Waals surface area contributed by atoms with Crippen LogP contribution in [0.25, 0.3) is 0 Å². The van der Waals surface area contributed by atoms with Crippen molar-refractivity contribution in [2.75, 3.05) is 0 Å². The number of hydrogen-bond donors (Lipinski definition) is 1. The molecular weight excluding hydrogens is 194 g/mol. The van der Waals surface area contributed by atoms with Crippen molar-refractivity contribution in [1.82, 2.24) is 4.98 Å². The highest BCUT2D eigenvalue weighted by Crippen LogP contribution is 2.41. The second kappa shape index (κ2) is 3.31. The summed E-state index contributed by atoms with van der Waals surface area (Å²) in [5.41, 5.74) is 0.272. The molecule has 2 rings (SSSR count). The van der Waals surface area contributed by atoms with Gasteiger partial charge in [0.05, 0.1) is 21.2 Å². The molecule has 0 spiro atoms. The van der Waals surface area contributed by atoms with Gasteiger partial charge in [-0.05, 0) is 33.6 Å². The Morgan fingerprint density at radius 2 is 2.07 bits per heavy atom. The minimum Gasteiger partial charge on any atom is -0.385 e. The molecule has 2 nitrogen and oxygen atoms in total. The minimum absolute atomic E-state index is 0.676. The van der Waals surface area contributed by atoms with E-state index in [1.54, 1.807) is 11.3 Å². The first-order valence-electron chi connectivity index (χ1n) is 5.18. The zero-order valence-corrected chi connectivity index (χ0v) is 9.82. The molecule has 78 valence electrons. The number of hydrogen-bond acceptors (Lipinski definition) is 3. The first kappa shape index (κ1) is 10.1. The van der Waals surface area contributed by atoms with Gasteiger partial charge in [-0.1, -0.05) is 6.42 Å². The van der Waals surface area contributed by atoms with Crippen LogP contribution < -0.4 is 0 Å². The Balaban J connectivity index is 2.29. The molecular formula is C11H17NOS. The maximum atomic E-state index is 9.93. The third-order valence-corrected chi connectivity index (χ3v) is 4.46. The van der Waals surface area contributed by atoms with E-state index in [-0.39, 0.29) is 0 Å². The first-order chi connectivity index (χ1) is 6.48. The van der Waals surface area contributed by atoms with E-state index in [0.717, 1.165) is 10.6 Å². The number of rotatable bonds is 2. The van der Waals surface area contributed by atoms with Crippen LogP contribution in [0.15, 0.2) is 0 Å². The summed E-state index contributed by atoms with van der Waals surface area (Å²) in [4.78, 5) is 5.58. The highest BCUT2D eigenvalue weighted by atomic mass is 32.1. The summed E-state index contributed by atoms with van der Waals surface area (Å²) >= 11 is 1.69. The van der Waals surface area contributed by atoms with Gasteiger partial charge < -0.3 is 5.11 Å². The van der Waals surface area contributed by atoms with Gasteiger partial charge in [-0.25, -0.2) is 4.98 Å². The molecule has 1 aliphatic carbocycles. The molecule has 0 saturated heterocycles. The molecule has 14 heavy (non-hydrogen) atoms. The first-order valence-corrected chi connectivity index (χ1v) is 6.00. The van der Waals surface area contributed by atoms with Crippen LogP contribution in [0, 0.1) is 6.92 Å². The molecule has 1 saturated carbocycles. The fraction of sp³-hybridized carbons (Fsp3) is 0.727. The van der Waals surface area contributed by atoms with Crippen molar-refractivity contribution in [3.8, 4) is 0 Å². The van der Waals surface area contributed by atoms with Gasteiger partial charge in [-0.3, -0.25) is 0 Å². The molecule has 1 aliphatic rings. The lowest BCUT2D eigenvalue weighted by Gasteiger charge is -2.22. The summed E-state index contributed by atoms with van der Waals surface area (Å²) < 4.78 is 0. The summed E-state index contributed by atoms with van der Waals surface area (Å²) in [5, 5.41) is 11.2. The molecule has 0 atom stereocenters. The van der Waals surface area contributed by atoms with Crippen LogP contribution in [0.2, 0.25) is 0 Å². The number of nitrogens with zero attached hydrogens (tertiary/aromatic N) is 1. The number of aromatic nitrogens is 1. The van der Waals surface area contributed by atoms with E-state index in [9.17, 15) is 5.11 Å². The number of aliphatic hydroxyl groups is 1. The quantitative estimate of drug-likeness (QED) is 0.816. The summed E-state index contributed by atoms with van der Waals surface area (Å²) in [5.74, 6) is 0.676. The highest BCUT2D eigenvalue weighted by Gasteiger charge is 2.28. The van der Waals surface area contributed by atoms with Crippen molar-refractivity contribution < 1.29 is 5.11 Å². The maximum Gasteiger partial charge on any atom is 0.0963 e. The lowest BCUT2D eigenvalue weighted by molar-refractivity contribution is 0.0817. The Bertz CT molecular complexity index is 334. The van der Waals surface area contributed by atoms with Gasteiger partial charge in [0.15, 0.2) is 0 Å². The van der Waals surface area contributed by atoms with Crippen LogP contribution >= 0.6 is 11.3 Å². The molecule has 0 aliphatic heterocycles. The van der Waals surface area contributed by atoms with Crippen molar-refractivity contribution in [3.05, 3.63) is 15.6 Å². The smallest absolute Gasteiger partial charge is 0.0963 e. The summed E-state index contributed by atoms with van der Waals surface area (Å²) in [7, 11) is 0. The number of thiazole rings is 1. The Kier molecular flexibility index (Phi) is 2.40. The Morgan fingerprint density at radius 3 is 2.43 bits per heavy atom. The van der Waals surface area contributed by atoms with Crippen LogP contribution in [-0.4, -0.2) is 10.1 Å². The largest absolute Gasteiger partial charge is 0.385 e. The topological polar surface area (TPSA) is 33.1 Å². The zero-order valence-electron chi connectivity index (χ0n) is 9.00. The molecule has 0 radical (unpaired) electrons. The normalized spacial score (nSPS) is 18.3. The predicted octanol–water partition coefficient (Wildman–Crippen LogP) is 2.95. The van der Waals surface area contributed by atoms with Gasteiger partial charge >= 0.3 is 0 Å². The van der Waals surface area contributed by atoms with E-state index < -0.39 is 5.60 Å². The minimum atomic E-state index is -0.732. The summed E-state index contributed by atoms with van der Waals surface area (Å²) in [6, 6.07) is 0. The molecule has 0 bridgehead atoms. The molecule has 3 heteroatoms. The SMILES string of the molecule is Cc1nc(C2CCC2)sc1C(C)(C)O. The lowest BCUT2D eigenvalue weighted by atomic mass is 9.86. The van der Waals surface area contributed by atoms with Crippen molar-refractivity contribution in [2.24, 2.45) is 0 Å². The van der Waals surface area contributed by atoms with Gasteiger partial charge in [0.25, 0.3) is 0 Å². The average Bonchev–Trinajstić information content (AvgIpc) is 2.25. The Labute approximate surface area is 89.0 Å². The monoisotopic (exact) mass is 211 g/mol. The predicted molar refractivity (Wildman–Crippen MR) is 58.7 cm³/mol. The molecule has 0 unspecified atom stereocenters. The Morgan fingerprint density at radius 1 is 1.43 bits per heavy atom. The third-order valence-electron chi connectivity index (χ3n) is 2.82. The van der Waals surface area contributed by atoms with Gasteiger partial charge in [0, 0.05) is 5.92 Å².